The molecule has 0 spiro atoms. The topological polar surface area (TPSA) is 72.2 Å². The Morgan fingerprint density at radius 2 is 1.77 bits per heavy atom. The number of aryl methyl sites for hydroxylation is 2. The fourth-order valence-electron chi connectivity index (χ4n) is 2.47. The minimum Gasteiger partial charge on any atom is -0.368 e. The van der Waals surface area contributed by atoms with Crippen molar-refractivity contribution in [3.8, 4) is 0 Å². The molecule has 2 aromatic carbocycles. The lowest BCUT2D eigenvalue weighted by Crippen LogP contribution is -2.45. The Morgan fingerprint density at radius 1 is 1.08 bits per heavy atom. The minimum absolute atomic E-state index is 0.154. The predicted octanol–water partition coefficient (Wildman–Crippen LogP) is 3.15. The third-order valence-corrected chi connectivity index (χ3v) is 4.11. The fraction of sp³-hybridized carbons (Fsp3) is 0.263. The number of hydrogen-bond acceptors (Lipinski definition) is 2. The molecule has 26 heavy (non-hydrogen) atoms. The highest BCUT2D eigenvalue weighted by Gasteiger charge is 2.31. The molecule has 0 fully saturated rings. The number of nitrogens with one attached hydrogen (secondary N) is 1. The molecule has 0 unspecified atom stereocenters. The summed E-state index contributed by atoms with van der Waals surface area (Å²) >= 11 is 0. The molecule has 2 amide bonds. The van der Waals surface area contributed by atoms with Crippen molar-refractivity contribution in [3.05, 3.63) is 70.3 Å². The number of alkyl halides is 3. The molecular weight excluding hydrogens is 345 g/mol. The Hall–Kier alpha value is -2.83. The minimum atomic E-state index is -4.56. The predicted molar refractivity (Wildman–Crippen MR) is 91.5 cm³/mol. The summed E-state index contributed by atoms with van der Waals surface area (Å²) in [5.74, 6) is -1.55. The van der Waals surface area contributed by atoms with Gasteiger partial charge in [0.25, 0.3) is 5.91 Å². The van der Waals surface area contributed by atoms with Gasteiger partial charge in [0, 0.05) is 12.0 Å². The summed E-state index contributed by atoms with van der Waals surface area (Å²) in [4.78, 5) is 23.9. The van der Waals surface area contributed by atoms with Crippen molar-refractivity contribution in [2.75, 3.05) is 0 Å². The highest BCUT2D eigenvalue weighted by molar-refractivity contribution is 5.97. The molecule has 3 N–H and O–H groups in total. The van der Waals surface area contributed by atoms with Crippen LogP contribution in [0.5, 0.6) is 0 Å². The van der Waals surface area contributed by atoms with Gasteiger partial charge >= 0.3 is 6.18 Å². The van der Waals surface area contributed by atoms with Crippen LogP contribution in [-0.2, 0) is 17.4 Å². The van der Waals surface area contributed by atoms with Crippen LogP contribution in [0.3, 0.4) is 0 Å². The summed E-state index contributed by atoms with van der Waals surface area (Å²) in [5.41, 5.74) is 7.12. The first kappa shape index (κ1) is 19.5. The van der Waals surface area contributed by atoms with E-state index in [1.165, 1.54) is 6.07 Å². The second-order valence-electron chi connectivity index (χ2n) is 6.13. The molecule has 7 heteroatoms. The number of rotatable bonds is 5. The molecule has 0 aliphatic rings. The van der Waals surface area contributed by atoms with E-state index < -0.39 is 29.6 Å². The van der Waals surface area contributed by atoms with Crippen LogP contribution < -0.4 is 11.1 Å². The molecule has 0 saturated heterocycles. The molecule has 0 aromatic heterocycles. The molecule has 138 valence electrons. The molecule has 0 radical (unpaired) electrons. The standard InChI is InChI=1S/C19H19F3N2O2/c1-11-6-7-13(8-12(11)2)9-16(17(23)25)24-18(26)14-4-3-5-15(10-14)19(20,21)22/h3-8,10,16H,9H2,1-2H3,(H2,23,25)(H,24,26)/t16-/m0/s1. The van der Waals surface area contributed by atoms with Gasteiger partial charge in [-0.3, -0.25) is 9.59 Å². The third-order valence-electron chi connectivity index (χ3n) is 4.11. The number of benzene rings is 2. The van der Waals surface area contributed by atoms with Gasteiger partial charge in [0.2, 0.25) is 5.91 Å². The highest BCUT2D eigenvalue weighted by Crippen LogP contribution is 2.29. The summed E-state index contributed by atoms with van der Waals surface area (Å²) in [6, 6.07) is 8.55. The zero-order valence-electron chi connectivity index (χ0n) is 14.4. The summed E-state index contributed by atoms with van der Waals surface area (Å²) < 4.78 is 38.3. The zero-order chi connectivity index (χ0) is 19.5. The lowest BCUT2D eigenvalue weighted by molar-refractivity contribution is -0.137. The fourth-order valence-corrected chi connectivity index (χ4v) is 2.47. The maximum Gasteiger partial charge on any atom is 0.416 e. The van der Waals surface area contributed by atoms with Gasteiger partial charge < -0.3 is 11.1 Å². The number of hydrogen-bond donors (Lipinski definition) is 2. The largest absolute Gasteiger partial charge is 0.416 e. The van der Waals surface area contributed by atoms with Crippen molar-refractivity contribution in [2.45, 2.75) is 32.5 Å². The number of halogens is 3. The highest BCUT2D eigenvalue weighted by atomic mass is 19.4. The molecule has 0 saturated carbocycles. The lowest BCUT2D eigenvalue weighted by Gasteiger charge is -2.17. The summed E-state index contributed by atoms with van der Waals surface area (Å²) in [6.07, 6.45) is -4.40. The smallest absolute Gasteiger partial charge is 0.368 e. The molecule has 0 aliphatic carbocycles. The van der Waals surface area contributed by atoms with Gasteiger partial charge in [0.05, 0.1) is 5.56 Å². The van der Waals surface area contributed by atoms with E-state index in [0.29, 0.717) is 0 Å². The van der Waals surface area contributed by atoms with E-state index in [9.17, 15) is 22.8 Å². The second kappa shape index (κ2) is 7.59. The van der Waals surface area contributed by atoms with Crippen molar-refractivity contribution in [1.82, 2.24) is 5.32 Å². The monoisotopic (exact) mass is 364 g/mol. The van der Waals surface area contributed by atoms with E-state index in [0.717, 1.165) is 34.9 Å². The van der Waals surface area contributed by atoms with E-state index in [1.54, 1.807) is 0 Å². The molecule has 4 nitrogen and oxygen atoms in total. The van der Waals surface area contributed by atoms with Crippen LogP contribution in [0.2, 0.25) is 0 Å². The van der Waals surface area contributed by atoms with Crippen LogP contribution in [0, 0.1) is 13.8 Å². The Kier molecular flexibility index (Phi) is 5.69. The van der Waals surface area contributed by atoms with Crippen molar-refractivity contribution >= 4 is 11.8 Å². The average molecular weight is 364 g/mol. The van der Waals surface area contributed by atoms with Gasteiger partial charge in [-0.2, -0.15) is 13.2 Å². The molecule has 0 bridgehead atoms. The second-order valence-corrected chi connectivity index (χ2v) is 6.13. The number of primary amides is 1. The van der Waals surface area contributed by atoms with Crippen molar-refractivity contribution in [3.63, 3.8) is 0 Å². The SMILES string of the molecule is Cc1ccc(C[C@H](NC(=O)c2cccc(C(F)(F)F)c2)C(N)=O)cc1C. The van der Waals surface area contributed by atoms with Crippen LogP contribution in [-0.4, -0.2) is 17.9 Å². The Morgan fingerprint density at radius 3 is 2.35 bits per heavy atom. The first-order chi connectivity index (χ1) is 12.1. The van der Waals surface area contributed by atoms with Gasteiger partial charge in [-0.1, -0.05) is 24.3 Å². The maximum atomic E-state index is 12.8. The molecule has 0 aliphatic heterocycles. The van der Waals surface area contributed by atoms with Crippen molar-refractivity contribution in [1.29, 1.82) is 0 Å². The van der Waals surface area contributed by atoms with Crippen molar-refractivity contribution in [2.24, 2.45) is 5.73 Å². The normalized spacial score (nSPS) is 12.5. The summed E-state index contributed by atoms with van der Waals surface area (Å²) in [7, 11) is 0. The first-order valence-electron chi connectivity index (χ1n) is 7.91. The number of nitrogens with two attached hydrogens (primary N) is 1. The summed E-state index contributed by atoms with van der Waals surface area (Å²) in [5, 5.41) is 2.41. The molecule has 0 heterocycles. The van der Waals surface area contributed by atoms with E-state index >= 15 is 0 Å². The van der Waals surface area contributed by atoms with Crippen LogP contribution in [0.15, 0.2) is 42.5 Å². The van der Waals surface area contributed by atoms with E-state index in [2.05, 4.69) is 5.32 Å². The lowest BCUT2D eigenvalue weighted by atomic mass is 10.00. The first-order valence-corrected chi connectivity index (χ1v) is 7.91. The van der Waals surface area contributed by atoms with Crippen LogP contribution in [0.4, 0.5) is 13.2 Å². The number of amides is 2. The van der Waals surface area contributed by atoms with Crippen molar-refractivity contribution < 1.29 is 22.8 Å². The average Bonchev–Trinajstić information content (AvgIpc) is 2.56. The van der Waals surface area contributed by atoms with Gasteiger partial charge in [0.15, 0.2) is 0 Å². The molecule has 2 aromatic rings. The van der Waals surface area contributed by atoms with Crippen LogP contribution >= 0.6 is 0 Å². The van der Waals surface area contributed by atoms with Gasteiger partial charge in [-0.05, 0) is 48.7 Å². The summed E-state index contributed by atoms with van der Waals surface area (Å²) in [6.45, 7) is 3.86. The Bertz CT molecular complexity index is 832. The van der Waals surface area contributed by atoms with Gasteiger partial charge in [-0.15, -0.1) is 0 Å². The Balaban J connectivity index is 2.18. The van der Waals surface area contributed by atoms with E-state index in [-0.39, 0.29) is 12.0 Å². The third kappa shape index (κ3) is 4.84. The number of carbonyl (C=O) groups excluding carboxylic acids is 2. The van der Waals surface area contributed by atoms with Crippen LogP contribution in [0.1, 0.15) is 32.6 Å². The molecular formula is C19H19F3N2O2. The Labute approximate surface area is 149 Å². The molecule has 2 rings (SSSR count). The van der Waals surface area contributed by atoms with Gasteiger partial charge in [0.1, 0.15) is 6.04 Å². The number of carbonyl (C=O) groups is 2. The van der Waals surface area contributed by atoms with Crippen LogP contribution in [0.25, 0.3) is 0 Å². The molecule has 1 atom stereocenters. The zero-order valence-corrected chi connectivity index (χ0v) is 14.4. The quantitative estimate of drug-likeness (QED) is 0.856. The van der Waals surface area contributed by atoms with E-state index in [4.69, 9.17) is 5.73 Å². The van der Waals surface area contributed by atoms with Gasteiger partial charge in [-0.25, -0.2) is 0 Å². The van der Waals surface area contributed by atoms with E-state index in [1.807, 2.05) is 32.0 Å². The maximum absolute atomic E-state index is 12.8.